The zero-order valence-corrected chi connectivity index (χ0v) is 14.8. The van der Waals surface area contributed by atoms with Crippen molar-refractivity contribution in [2.75, 3.05) is 0 Å². The summed E-state index contributed by atoms with van der Waals surface area (Å²) in [5, 5.41) is 19.4. The van der Waals surface area contributed by atoms with E-state index in [9.17, 15) is 19.8 Å². The van der Waals surface area contributed by atoms with E-state index in [-0.39, 0.29) is 0 Å². The molecule has 4 heteroatoms. The molecular formula is C18H34O4. The number of unbranched alkanes of at least 4 members (excludes halogenated alkanes) is 2. The van der Waals surface area contributed by atoms with E-state index < -0.39 is 22.8 Å². The second-order valence-electron chi connectivity index (χ2n) is 6.59. The number of carboxylic acids is 2. The van der Waals surface area contributed by atoms with Crippen LogP contribution in [0.1, 0.15) is 91.9 Å². The van der Waals surface area contributed by atoms with Crippen molar-refractivity contribution in [1.82, 2.24) is 0 Å². The predicted octanol–water partition coefficient (Wildman–Crippen LogP) is 5.11. The van der Waals surface area contributed by atoms with Gasteiger partial charge >= 0.3 is 11.9 Å². The topological polar surface area (TPSA) is 74.6 Å². The zero-order valence-electron chi connectivity index (χ0n) is 14.8. The van der Waals surface area contributed by atoms with Gasteiger partial charge in [-0.1, -0.05) is 53.4 Å². The summed E-state index contributed by atoms with van der Waals surface area (Å²) in [7, 11) is 0. The lowest BCUT2D eigenvalue weighted by atomic mass is 9.69. The van der Waals surface area contributed by atoms with Gasteiger partial charge in [-0.2, -0.15) is 0 Å². The fraction of sp³-hybridized carbons (Fsp3) is 0.889. The van der Waals surface area contributed by atoms with Crippen LogP contribution in [-0.2, 0) is 9.59 Å². The minimum atomic E-state index is -0.789. The lowest BCUT2D eigenvalue weighted by Crippen LogP contribution is -2.36. The maximum absolute atomic E-state index is 11.9. The Bertz CT molecular complexity index is 337. The first-order valence-electron chi connectivity index (χ1n) is 8.81. The third kappa shape index (κ3) is 5.29. The number of hydrogen-bond donors (Lipinski definition) is 2. The van der Waals surface area contributed by atoms with Crippen molar-refractivity contribution in [2.45, 2.75) is 91.9 Å². The molecule has 22 heavy (non-hydrogen) atoms. The van der Waals surface area contributed by atoms with E-state index in [0.717, 1.165) is 25.7 Å². The van der Waals surface area contributed by atoms with Crippen LogP contribution in [-0.4, -0.2) is 22.2 Å². The summed E-state index contributed by atoms with van der Waals surface area (Å²) in [6.45, 7) is 7.90. The van der Waals surface area contributed by atoms with E-state index in [4.69, 9.17) is 0 Å². The van der Waals surface area contributed by atoms with Crippen molar-refractivity contribution in [1.29, 1.82) is 0 Å². The van der Waals surface area contributed by atoms with Crippen molar-refractivity contribution >= 4 is 11.9 Å². The average molecular weight is 314 g/mol. The Hall–Kier alpha value is -1.06. The number of carboxylic acid groups (broad SMARTS) is 2. The SMILES string of the molecule is CCCCC(CCCC)(CCC(CC)(CC)C(=O)O)C(=O)O. The maximum Gasteiger partial charge on any atom is 0.309 e. The molecule has 130 valence electrons. The molecule has 0 heterocycles. The van der Waals surface area contributed by atoms with Gasteiger partial charge in [0.05, 0.1) is 10.8 Å². The van der Waals surface area contributed by atoms with Crippen LogP contribution in [0.4, 0.5) is 0 Å². The first kappa shape index (κ1) is 20.9. The minimum absolute atomic E-state index is 0.453. The normalized spacial score (nSPS) is 12.4. The molecule has 0 radical (unpaired) electrons. The Morgan fingerprint density at radius 3 is 1.32 bits per heavy atom. The van der Waals surface area contributed by atoms with Crippen LogP contribution < -0.4 is 0 Å². The lowest BCUT2D eigenvalue weighted by Gasteiger charge is -2.34. The third-order valence-corrected chi connectivity index (χ3v) is 5.36. The Labute approximate surface area is 135 Å². The van der Waals surface area contributed by atoms with E-state index in [1.807, 2.05) is 13.8 Å². The van der Waals surface area contributed by atoms with Crippen LogP contribution in [0, 0.1) is 10.8 Å². The van der Waals surface area contributed by atoms with Crippen molar-refractivity contribution in [3.63, 3.8) is 0 Å². The fourth-order valence-electron chi connectivity index (χ4n) is 3.22. The van der Waals surface area contributed by atoms with E-state index >= 15 is 0 Å². The van der Waals surface area contributed by atoms with Gasteiger partial charge in [-0.25, -0.2) is 0 Å². The van der Waals surface area contributed by atoms with Gasteiger partial charge in [0, 0.05) is 0 Å². The molecule has 0 unspecified atom stereocenters. The Kier molecular flexibility index (Phi) is 9.38. The molecule has 4 nitrogen and oxygen atoms in total. The highest BCUT2D eigenvalue weighted by Crippen LogP contribution is 2.42. The molecule has 0 aromatic rings. The highest BCUT2D eigenvalue weighted by Gasteiger charge is 2.42. The van der Waals surface area contributed by atoms with Crippen molar-refractivity contribution in [3.8, 4) is 0 Å². The second kappa shape index (κ2) is 9.86. The molecule has 0 aliphatic heterocycles. The number of aliphatic carboxylic acids is 2. The van der Waals surface area contributed by atoms with Gasteiger partial charge in [-0.05, 0) is 38.5 Å². The molecule has 0 rings (SSSR count). The number of hydrogen-bond acceptors (Lipinski definition) is 2. The van der Waals surface area contributed by atoms with Crippen LogP contribution in [0.5, 0.6) is 0 Å². The summed E-state index contributed by atoms with van der Waals surface area (Å²) >= 11 is 0. The molecular weight excluding hydrogens is 280 g/mol. The third-order valence-electron chi connectivity index (χ3n) is 5.36. The average Bonchev–Trinajstić information content (AvgIpc) is 2.50. The maximum atomic E-state index is 11.9. The molecule has 0 bridgehead atoms. The smallest absolute Gasteiger partial charge is 0.309 e. The van der Waals surface area contributed by atoms with Gasteiger partial charge in [0.25, 0.3) is 0 Å². The van der Waals surface area contributed by atoms with Gasteiger partial charge in [-0.3, -0.25) is 9.59 Å². The molecule has 2 N–H and O–H groups in total. The molecule has 0 atom stereocenters. The Morgan fingerprint density at radius 2 is 1.05 bits per heavy atom. The van der Waals surface area contributed by atoms with Gasteiger partial charge in [0.2, 0.25) is 0 Å². The van der Waals surface area contributed by atoms with E-state index in [1.165, 1.54) is 0 Å². The first-order chi connectivity index (χ1) is 10.3. The summed E-state index contributed by atoms with van der Waals surface area (Å²) in [4.78, 5) is 23.6. The van der Waals surface area contributed by atoms with Gasteiger partial charge in [0.1, 0.15) is 0 Å². The molecule has 0 aliphatic rings. The Morgan fingerprint density at radius 1 is 0.682 bits per heavy atom. The molecule has 0 aromatic heterocycles. The molecule has 0 fully saturated rings. The molecule has 0 aromatic carbocycles. The largest absolute Gasteiger partial charge is 0.481 e. The molecule has 0 saturated carbocycles. The molecule has 0 amide bonds. The zero-order chi connectivity index (χ0) is 17.2. The van der Waals surface area contributed by atoms with Crippen LogP contribution in [0.2, 0.25) is 0 Å². The van der Waals surface area contributed by atoms with Crippen molar-refractivity contribution in [3.05, 3.63) is 0 Å². The van der Waals surface area contributed by atoms with Crippen molar-refractivity contribution < 1.29 is 19.8 Å². The van der Waals surface area contributed by atoms with Crippen LogP contribution in [0.25, 0.3) is 0 Å². The highest BCUT2D eigenvalue weighted by atomic mass is 16.4. The summed E-state index contributed by atoms with van der Waals surface area (Å²) in [6, 6.07) is 0. The number of carbonyl (C=O) groups is 2. The van der Waals surface area contributed by atoms with E-state index in [1.54, 1.807) is 0 Å². The monoisotopic (exact) mass is 314 g/mol. The van der Waals surface area contributed by atoms with Crippen LogP contribution >= 0.6 is 0 Å². The van der Waals surface area contributed by atoms with Crippen LogP contribution in [0.15, 0.2) is 0 Å². The van der Waals surface area contributed by atoms with Gasteiger partial charge in [-0.15, -0.1) is 0 Å². The lowest BCUT2D eigenvalue weighted by molar-refractivity contribution is -0.155. The Balaban J connectivity index is 5.24. The number of rotatable bonds is 13. The summed E-state index contributed by atoms with van der Waals surface area (Å²) in [5.41, 5.74) is -1.53. The van der Waals surface area contributed by atoms with E-state index in [0.29, 0.717) is 38.5 Å². The summed E-state index contributed by atoms with van der Waals surface area (Å²) in [5.74, 6) is -1.54. The van der Waals surface area contributed by atoms with E-state index in [2.05, 4.69) is 13.8 Å². The minimum Gasteiger partial charge on any atom is -0.481 e. The first-order valence-corrected chi connectivity index (χ1v) is 8.81. The van der Waals surface area contributed by atoms with Gasteiger partial charge < -0.3 is 10.2 Å². The fourth-order valence-corrected chi connectivity index (χ4v) is 3.22. The standard InChI is InChI=1S/C18H34O4/c1-5-9-11-18(16(21)22,12-10-6-2)14-13-17(7-3,8-4)15(19)20/h5-14H2,1-4H3,(H,19,20)(H,21,22). The summed E-state index contributed by atoms with van der Waals surface area (Å²) < 4.78 is 0. The predicted molar refractivity (Wildman–Crippen MR) is 89.0 cm³/mol. The second-order valence-corrected chi connectivity index (χ2v) is 6.59. The van der Waals surface area contributed by atoms with Crippen molar-refractivity contribution in [2.24, 2.45) is 10.8 Å². The highest BCUT2D eigenvalue weighted by molar-refractivity contribution is 5.76. The molecule has 0 spiro atoms. The molecule has 0 aliphatic carbocycles. The summed E-state index contributed by atoms with van der Waals surface area (Å²) in [6.07, 6.45) is 7.03. The van der Waals surface area contributed by atoms with Gasteiger partial charge in [0.15, 0.2) is 0 Å². The quantitative estimate of drug-likeness (QED) is 0.495. The van der Waals surface area contributed by atoms with Crippen LogP contribution in [0.3, 0.4) is 0 Å². The molecule has 0 saturated heterocycles.